The number of methoxy groups -OCH3 is 3. The van der Waals surface area contributed by atoms with Gasteiger partial charge in [-0.25, -0.2) is 0 Å². The average Bonchev–Trinajstić information content (AvgIpc) is 2.75. The van der Waals surface area contributed by atoms with Crippen molar-refractivity contribution in [3.63, 3.8) is 0 Å². The number of carbonyl (C=O) groups excluding carboxylic acids is 2. The first-order valence-corrected chi connectivity index (χ1v) is 8.82. The number of esters is 2. The van der Waals surface area contributed by atoms with E-state index < -0.39 is 28.2 Å². The molecule has 0 spiro atoms. The van der Waals surface area contributed by atoms with Crippen LogP contribution in [0.1, 0.15) is 24.0 Å². The third-order valence-electron chi connectivity index (χ3n) is 5.05. The molecule has 0 aliphatic carbocycles. The number of hydrogen-bond acceptors (Lipinski definition) is 7. The Kier molecular flexibility index (Phi) is 6.93. The van der Waals surface area contributed by atoms with E-state index in [1.54, 1.807) is 42.5 Å². The quantitative estimate of drug-likeness (QED) is 0.289. The number of ether oxygens (including phenoxy) is 3. The van der Waals surface area contributed by atoms with E-state index in [0.717, 1.165) is 0 Å². The van der Waals surface area contributed by atoms with Gasteiger partial charge in [0.1, 0.15) is 5.75 Å². The highest BCUT2D eigenvalue weighted by atomic mass is 16.6. The minimum absolute atomic E-state index is 0.0458. The van der Waals surface area contributed by atoms with Crippen LogP contribution in [-0.2, 0) is 25.5 Å². The molecule has 1 unspecified atom stereocenters. The number of nitro groups is 1. The third-order valence-corrected chi connectivity index (χ3v) is 5.05. The summed E-state index contributed by atoms with van der Waals surface area (Å²) in [6.45, 7) is 1.42. The highest BCUT2D eigenvalue weighted by Crippen LogP contribution is 2.42. The summed E-state index contributed by atoms with van der Waals surface area (Å²) in [5, 5.41) is 11.5. The molecule has 0 aliphatic rings. The Hall–Kier alpha value is -3.42. The SMILES string of the molecule is COC(=O)C(C)(C(=O)OC)C(Cc1ccccc1[N+](=O)[O-])c1ccc(OC)cc1. The molecule has 0 N–H and O–H groups in total. The van der Waals surface area contributed by atoms with E-state index in [-0.39, 0.29) is 12.1 Å². The summed E-state index contributed by atoms with van der Waals surface area (Å²) in [6, 6.07) is 13.0. The van der Waals surface area contributed by atoms with E-state index in [1.165, 1.54) is 34.3 Å². The zero-order valence-corrected chi connectivity index (χ0v) is 16.7. The molecule has 0 saturated carbocycles. The number of carbonyl (C=O) groups is 2. The molecule has 0 bridgehead atoms. The van der Waals surface area contributed by atoms with Crippen LogP contribution in [0.5, 0.6) is 5.75 Å². The summed E-state index contributed by atoms with van der Waals surface area (Å²) in [6.07, 6.45) is 0.0458. The van der Waals surface area contributed by atoms with Gasteiger partial charge in [0.15, 0.2) is 5.41 Å². The lowest BCUT2D eigenvalue weighted by Crippen LogP contribution is -2.44. The van der Waals surface area contributed by atoms with Gasteiger partial charge in [0.05, 0.1) is 26.3 Å². The fourth-order valence-electron chi connectivity index (χ4n) is 3.36. The summed E-state index contributed by atoms with van der Waals surface area (Å²) in [5.74, 6) is -1.77. The van der Waals surface area contributed by atoms with Gasteiger partial charge in [0, 0.05) is 17.5 Å². The molecular weight excluding hydrogens is 378 g/mol. The van der Waals surface area contributed by atoms with E-state index >= 15 is 0 Å². The molecule has 1 atom stereocenters. The minimum atomic E-state index is -1.72. The third kappa shape index (κ3) is 4.37. The van der Waals surface area contributed by atoms with Crippen molar-refractivity contribution in [2.24, 2.45) is 5.41 Å². The van der Waals surface area contributed by atoms with Crippen molar-refractivity contribution in [3.8, 4) is 5.75 Å². The molecule has 2 aromatic carbocycles. The Morgan fingerprint density at radius 1 is 1.00 bits per heavy atom. The van der Waals surface area contributed by atoms with Gasteiger partial charge >= 0.3 is 11.9 Å². The van der Waals surface area contributed by atoms with E-state index in [1.807, 2.05) is 0 Å². The molecule has 0 saturated heterocycles. The van der Waals surface area contributed by atoms with Crippen LogP contribution in [0.25, 0.3) is 0 Å². The monoisotopic (exact) mass is 401 g/mol. The van der Waals surface area contributed by atoms with Crippen molar-refractivity contribution < 1.29 is 28.7 Å². The maximum absolute atomic E-state index is 12.7. The smallest absolute Gasteiger partial charge is 0.323 e. The first-order valence-electron chi connectivity index (χ1n) is 8.82. The summed E-state index contributed by atoms with van der Waals surface area (Å²) in [4.78, 5) is 36.4. The first-order chi connectivity index (χ1) is 13.8. The van der Waals surface area contributed by atoms with Crippen molar-refractivity contribution in [3.05, 3.63) is 69.8 Å². The van der Waals surface area contributed by atoms with E-state index in [4.69, 9.17) is 14.2 Å². The van der Waals surface area contributed by atoms with Gasteiger partial charge in [-0.2, -0.15) is 0 Å². The molecule has 29 heavy (non-hydrogen) atoms. The van der Waals surface area contributed by atoms with Crippen LogP contribution in [0.2, 0.25) is 0 Å². The zero-order chi connectivity index (χ0) is 21.6. The zero-order valence-electron chi connectivity index (χ0n) is 16.7. The number of benzene rings is 2. The fourth-order valence-corrected chi connectivity index (χ4v) is 3.36. The van der Waals surface area contributed by atoms with E-state index in [2.05, 4.69) is 0 Å². The fraction of sp³-hybridized carbons (Fsp3) is 0.333. The van der Waals surface area contributed by atoms with Crippen LogP contribution < -0.4 is 4.74 Å². The highest BCUT2D eigenvalue weighted by Gasteiger charge is 2.51. The molecule has 8 nitrogen and oxygen atoms in total. The van der Waals surface area contributed by atoms with Crippen molar-refractivity contribution >= 4 is 17.6 Å². The molecule has 2 rings (SSSR count). The molecule has 0 fully saturated rings. The summed E-state index contributed by atoms with van der Waals surface area (Å²) < 4.78 is 15.0. The molecular formula is C21H23NO7. The molecule has 2 aromatic rings. The van der Waals surface area contributed by atoms with Gasteiger partial charge in [-0.1, -0.05) is 30.3 Å². The van der Waals surface area contributed by atoms with Crippen LogP contribution in [0.15, 0.2) is 48.5 Å². The van der Waals surface area contributed by atoms with Crippen LogP contribution in [0.3, 0.4) is 0 Å². The lowest BCUT2D eigenvalue weighted by atomic mass is 9.70. The van der Waals surface area contributed by atoms with Crippen molar-refractivity contribution in [2.45, 2.75) is 19.3 Å². The second-order valence-electron chi connectivity index (χ2n) is 6.60. The van der Waals surface area contributed by atoms with Gasteiger partial charge in [-0.05, 0) is 31.0 Å². The summed E-state index contributed by atoms with van der Waals surface area (Å²) in [5.41, 5.74) is -0.815. The standard InChI is InChI=1S/C21H23NO7/c1-21(19(23)28-3,20(24)29-4)17(14-9-11-16(27-2)12-10-14)13-15-7-5-6-8-18(15)22(25)26/h5-12,17H,13H2,1-4H3. The van der Waals surface area contributed by atoms with Gasteiger partial charge in [0.25, 0.3) is 5.69 Å². The topological polar surface area (TPSA) is 105 Å². The largest absolute Gasteiger partial charge is 0.497 e. The Labute approximate surface area is 168 Å². The Morgan fingerprint density at radius 3 is 2.03 bits per heavy atom. The predicted molar refractivity (Wildman–Crippen MR) is 105 cm³/mol. The second kappa shape index (κ2) is 9.18. The average molecular weight is 401 g/mol. The number of nitrogens with zero attached hydrogens (tertiary/aromatic N) is 1. The highest BCUT2D eigenvalue weighted by molar-refractivity contribution is 6.00. The normalized spacial score (nSPS) is 12.0. The van der Waals surface area contributed by atoms with Crippen LogP contribution >= 0.6 is 0 Å². The second-order valence-corrected chi connectivity index (χ2v) is 6.60. The van der Waals surface area contributed by atoms with Crippen molar-refractivity contribution in [1.82, 2.24) is 0 Å². The number of rotatable bonds is 8. The Morgan fingerprint density at radius 2 is 1.55 bits per heavy atom. The summed E-state index contributed by atoms with van der Waals surface area (Å²) >= 11 is 0. The maximum atomic E-state index is 12.7. The molecule has 154 valence electrons. The van der Waals surface area contributed by atoms with Crippen LogP contribution in [-0.4, -0.2) is 38.2 Å². The number of nitro benzene ring substituents is 1. The van der Waals surface area contributed by atoms with Gasteiger partial charge in [-0.3, -0.25) is 19.7 Å². The minimum Gasteiger partial charge on any atom is -0.497 e. The predicted octanol–water partition coefficient (Wildman–Crippen LogP) is 3.28. The number of hydrogen-bond donors (Lipinski definition) is 0. The molecule has 0 amide bonds. The van der Waals surface area contributed by atoms with E-state index in [9.17, 15) is 19.7 Å². The lowest BCUT2D eigenvalue weighted by molar-refractivity contribution is -0.385. The number of para-hydroxylation sites is 1. The van der Waals surface area contributed by atoms with Crippen LogP contribution in [0, 0.1) is 15.5 Å². The van der Waals surface area contributed by atoms with Gasteiger partial charge in [-0.15, -0.1) is 0 Å². The Bertz CT molecular complexity index is 876. The van der Waals surface area contributed by atoms with Gasteiger partial charge < -0.3 is 14.2 Å². The first kappa shape index (κ1) is 21.9. The molecule has 0 heterocycles. The molecule has 0 aromatic heterocycles. The van der Waals surface area contributed by atoms with Crippen molar-refractivity contribution in [1.29, 1.82) is 0 Å². The Balaban J connectivity index is 2.66. The van der Waals surface area contributed by atoms with Crippen molar-refractivity contribution in [2.75, 3.05) is 21.3 Å². The summed E-state index contributed by atoms with van der Waals surface area (Å²) in [7, 11) is 3.88. The molecule has 0 aliphatic heterocycles. The molecule has 8 heteroatoms. The molecule has 0 radical (unpaired) electrons. The van der Waals surface area contributed by atoms with E-state index in [0.29, 0.717) is 16.9 Å². The van der Waals surface area contributed by atoms with Gasteiger partial charge in [0.2, 0.25) is 0 Å². The van der Waals surface area contributed by atoms with Crippen LogP contribution in [0.4, 0.5) is 5.69 Å². The lowest BCUT2D eigenvalue weighted by Gasteiger charge is -2.33. The maximum Gasteiger partial charge on any atom is 0.323 e.